The largest absolute Gasteiger partial charge is 0.353 e. The number of hydrogen-bond acceptors (Lipinski definition) is 4. The summed E-state index contributed by atoms with van der Waals surface area (Å²) in [4.78, 5) is 26.7. The number of nitrogens with one attached hydrogen (secondary N) is 2. The van der Waals surface area contributed by atoms with E-state index in [4.69, 9.17) is 0 Å². The number of H-pyrrole nitrogens is 1. The van der Waals surface area contributed by atoms with Crippen LogP contribution in [0.1, 0.15) is 6.92 Å². The van der Waals surface area contributed by atoms with Crippen LogP contribution in [0.4, 0.5) is 14.6 Å². The van der Waals surface area contributed by atoms with Crippen molar-refractivity contribution >= 4 is 22.8 Å². The Morgan fingerprint density at radius 1 is 1.07 bits per heavy atom. The molecule has 0 bridgehead atoms. The summed E-state index contributed by atoms with van der Waals surface area (Å²) in [6.07, 6.45) is 2.87. The first kappa shape index (κ1) is 16.8. The number of carbonyl (C=O) groups excluding carboxylic acids is 1. The van der Waals surface area contributed by atoms with E-state index in [1.54, 1.807) is 18.2 Å². The zero-order valence-electron chi connectivity index (χ0n) is 14.1. The average Bonchev–Trinajstić information content (AvgIpc) is 3.00. The van der Waals surface area contributed by atoms with Crippen LogP contribution in [0, 0.1) is 11.8 Å². The van der Waals surface area contributed by atoms with Crippen molar-refractivity contribution in [2.75, 3.05) is 5.32 Å². The number of nitrogens with zero attached hydrogens (tertiary/aromatic N) is 3. The highest BCUT2D eigenvalue weighted by atomic mass is 19.1. The molecule has 6 nitrogen and oxygen atoms in total. The van der Waals surface area contributed by atoms with Gasteiger partial charge < -0.3 is 10.3 Å². The van der Waals surface area contributed by atoms with Crippen molar-refractivity contribution < 1.29 is 13.6 Å². The monoisotopic (exact) mass is 365 g/mol. The van der Waals surface area contributed by atoms with E-state index >= 15 is 0 Å². The molecular formula is C19H13F2N5O. The number of aromatic amines is 1. The second-order valence-electron chi connectivity index (χ2n) is 5.88. The molecule has 4 rings (SSSR count). The zero-order chi connectivity index (χ0) is 19.0. The van der Waals surface area contributed by atoms with E-state index in [0.717, 1.165) is 0 Å². The molecule has 0 spiro atoms. The van der Waals surface area contributed by atoms with Gasteiger partial charge in [0.1, 0.15) is 17.2 Å². The summed E-state index contributed by atoms with van der Waals surface area (Å²) in [5.74, 6) is -1.02. The van der Waals surface area contributed by atoms with Gasteiger partial charge in [-0.1, -0.05) is 0 Å². The number of aromatic nitrogens is 4. The third kappa shape index (κ3) is 3.24. The van der Waals surface area contributed by atoms with Crippen molar-refractivity contribution in [3.05, 3.63) is 60.6 Å². The van der Waals surface area contributed by atoms with Crippen LogP contribution >= 0.6 is 0 Å². The third-order valence-electron chi connectivity index (χ3n) is 3.94. The molecule has 4 aromatic rings. The molecule has 2 N–H and O–H groups in total. The Hall–Kier alpha value is -3.68. The Morgan fingerprint density at radius 2 is 1.89 bits per heavy atom. The number of carbonyl (C=O) groups is 1. The molecule has 1 amide bonds. The van der Waals surface area contributed by atoms with Crippen LogP contribution in [0.5, 0.6) is 0 Å². The summed E-state index contributed by atoms with van der Waals surface area (Å²) in [5.41, 5.74) is 2.91. The Kier molecular flexibility index (Phi) is 4.08. The number of halogens is 2. The number of rotatable bonds is 3. The normalized spacial score (nSPS) is 10.9. The SMILES string of the molecule is CC(=O)Nc1cc(-c2[nH]c3ccc(F)nc3c2-c2cc(F)ccn2)ccn1. The molecule has 0 aliphatic rings. The van der Waals surface area contributed by atoms with Gasteiger partial charge in [-0.3, -0.25) is 9.78 Å². The lowest BCUT2D eigenvalue weighted by atomic mass is 10.0. The van der Waals surface area contributed by atoms with Crippen LogP contribution < -0.4 is 5.32 Å². The number of fused-ring (bicyclic) bond motifs is 1. The predicted molar refractivity (Wildman–Crippen MR) is 96.8 cm³/mol. The Morgan fingerprint density at radius 3 is 2.67 bits per heavy atom. The predicted octanol–water partition coefficient (Wildman–Crippen LogP) is 3.92. The van der Waals surface area contributed by atoms with E-state index in [-0.39, 0.29) is 5.91 Å². The smallest absolute Gasteiger partial charge is 0.222 e. The maximum absolute atomic E-state index is 13.8. The third-order valence-corrected chi connectivity index (χ3v) is 3.94. The van der Waals surface area contributed by atoms with Crippen LogP contribution in [0.15, 0.2) is 48.8 Å². The van der Waals surface area contributed by atoms with Gasteiger partial charge in [0.2, 0.25) is 11.9 Å². The fourth-order valence-electron chi connectivity index (χ4n) is 2.88. The molecule has 0 unspecified atom stereocenters. The molecule has 0 radical (unpaired) electrons. The lowest BCUT2D eigenvalue weighted by Crippen LogP contribution is -2.07. The van der Waals surface area contributed by atoms with E-state index in [1.807, 2.05) is 0 Å². The first-order valence-electron chi connectivity index (χ1n) is 8.05. The average molecular weight is 365 g/mol. The van der Waals surface area contributed by atoms with E-state index in [2.05, 4.69) is 25.3 Å². The minimum Gasteiger partial charge on any atom is -0.353 e. The van der Waals surface area contributed by atoms with Crippen molar-refractivity contribution in [1.82, 2.24) is 19.9 Å². The van der Waals surface area contributed by atoms with Crippen LogP contribution in [0.25, 0.3) is 33.5 Å². The van der Waals surface area contributed by atoms with Gasteiger partial charge in [-0.05, 0) is 30.3 Å². The fraction of sp³-hybridized carbons (Fsp3) is 0.0526. The van der Waals surface area contributed by atoms with Gasteiger partial charge in [0, 0.05) is 30.9 Å². The van der Waals surface area contributed by atoms with Crippen LogP contribution in [-0.4, -0.2) is 25.8 Å². The van der Waals surface area contributed by atoms with E-state index < -0.39 is 11.8 Å². The van der Waals surface area contributed by atoms with E-state index in [0.29, 0.717) is 39.4 Å². The Bertz CT molecular complexity index is 1170. The van der Waals surface area contributed by atoms with Crippen molar-refractivity contribution in [1.29, 1.82) is 0 Å². The highest BCUT2D eigenvalue weighted by Gasteiger charge is 2.19. The summed E-state index contributed by atoms with van der Waals surface area (Å²) >= 11 is 0. The van der Waals surface area contributed by atoms with Gasteiger partial charge in [0.15, 0.2) is 0 Å². The molecule has 0 saturated carbocycles. The van der Waals surface area contributed by atoms with Gasteiger partial charge in [-0.15, -0.1) is 0 Å². The van der Waals surface area contributed by atoms with Crippen molar-refractivity contribution in [2.24, 2.45) is 0 Å². The number of hydrogen-bond donors (Lipinski definition) is 2. The van der Waals surface area contributed by atoms with Gasteiger partial charge in [0.25, 0.3) is 0 Å². The zero-order valence-corrected chi connectivity index (χ0v) is 14.1. The molecule has 0 fully saturated rings. The number of anilines is 1. The molecule has 0 aliphatic heterocycles. The molecule has 0 aliphatic carbocycles. The first-order valence-corrected chi connectivity index (χ1v) is 8.05. The summed E-state index contributed by atoms with van der Waals surface area (Å²) in [7, 11) is 0. The first-order chi connectivity index (χ1) is 13.0. The molecular weight excluding hydrogens is 352 g/mol. The molecule has 0 saturated heterocycles. The van der Waals surface area contributed by atoms with Crippen molar-refractivity contribution in [2.45, 2.75) is 6.92 Å². The van der Waals surface area contributed by atoms with Gasteiger partial charge in [0.05, 0.1) is 22.5 Å². The second-order valence-corrected chi connectivity index (χ2v) is 5.88. The quantitative estimate of drug-likeness (QED) is 0.539. The van der Waals surface area contributed by atoms with Gasteiger partial charge in [-0.25, -0.2) is 14.4 Å². The molecule has 27 heavy (non-hydrogen) atoms. The summed E-state index contributed by atoms with van der Waals surface area (Å²) in [6, 6.07) is 8.66. The molecule has 4 aromatic heterocycles. The van der Waals surface area contributed by atoms with Crippen molar-refractivity contribution in [3.63, 3.8) is 0 Å². The molecule has 134 valence electrons. The second kappa shape index (κ2) is 6.56. The number of pyridine rings is 3. The number of amides is 1. The van der Waals surface area contributed by atoms with Crippen LogP contribution in [-0.2, 0) is 4.79 Å². The summed E-state index contributed by atoms with van der Waals surface area (Å²) in [5, 5.41) is 2.61. The van der Waals surface area contributed by atoms with Crippen LogP contribution in [0.2, 0.25) is 0 Å². The van der Waals surface area contributed by atoms with Gasteiger partial charge in [-0.2, -0.15) is 4.39 Å². The standard InChI is InChI=1S/C19H13F2N5O/c1-10(27)24-16-8-11(4-6-23-16)18-17(14-9-12(20)5-7-22-14)19-13(25-18)2-3-15(21)26-19/h2-9,25H,1H3,(H,23,24,27). The highest BCUT2D eigenvalue weighted by molar-refractivity contribution is 6.01. The maximum Gasteiger partial charge on any atom is 0.222 e. The maximum atomic E-state index is 13.8. The highest BCUT2D eigenvalue weighted by Crippen LogP contribution is 2.37. The molecule has 8 heteroatoms. The minimum absolute atomic E-state index is 0.257. The Labute approximate surface area is 152 Å². The van der Waals surface area contributed by atoms with Crippen LogP contribution in [0.3, 0.4) is 0 Å². The van der Waals surface area contributed by atoms with Gasteiger partial charge >= 0.3 is 0 Å². The Balaban J connectivity index is 1.98. The topological polar surface area (TPSA) is 83.6 Å². The fourth-order valence-corrected chi connectivity index (χ4v) is 2.88. The van der Waals surface area contributed by atoms with E-state index in [9.17, 15) is 13.6 Å². The lowest BCUT2D eigenvalue weighted by molar-refractivity contribution is -0.114. The minimum atomic E-state index is -0.653. The van der Waals surface area contributed by atoms with Crippen molar-refractivity contribution in [3.8, 4) is 22.5 Å². The summed E-state index contributed by atoms with van der Waals surface area (Å²) < 4.78 is 27.5. The molecule has 4 heterocycles. The van der Waals surface area contributed by atoms with E-state index in [1.165, 1.54) is 37.5 Å². The lowest BCUT2D eigenvalue weighted by Gasteiger charge is -2.07. The molecule has 0 aromatic carbocycles. The molecule has 0 atom stereocenters. The summed E-state index contributed by atoms with van der Waals surface area (Å²) in [6.45, 7) is 1.38.